The number of pyridine rings is 2. The van der Waals surface area contributed by atoms with Crippen LogP contribution in [0.5, 0.6) is 0 Å². The Hall–Kier alpha value is -4.32. The summed E-state index contributed by atoms with van der Waals surface area (Å²) in [6, 6.07) is 6.04. The van der Waals surface area contributed by atoms with Crippen LogP contribution < -0.4 is 5.32 Å². The van der Waals surface area contributed by atoms with Gasteiger partial charge in [-0.3, -0.25) is 19.7 Å². The maximum absolute atomic E-state index is 15.0. The normalized spacial score (nSPS) is 17.7. The van der Waals surface area contributed by atoms with E-state index in [9.17, 15) is 27.6 Å². The first-order valence-electron chi connectivity index (χ1n) is 13.8. The fourth-order valence-corrected chi connectivity index (χ4v) is 4.84. The molecule has 0 spiro atoms. The molecule has 1 N–H and O–H groups in total. The number of carbonyl (C=O) groups is 3. The molecule has 3 unspecified atom stereocenters. The van der Waals surface area contributed by atoms with Gasteiger partial charge >= 0.3 is 6.09 Å². The molecule has 228 valence electrons. The Morgan fingerprint density at radius 1 is 1.09 bits per heavy atom. The molecule has 2 aromatic heterocycles. The monoisotopic (exact) mass is 598 g/mol. The Labute approximate surface area is 247 Å². The Balaban J connectivity index is 1.47. The van der Waals surface area contributed by atoms with Gasteiger partial charge < -0.3 is 19.6 Å². The van der Waals surface area contributed by atoms with Crippen LogP contribution in [0.15, 0.2) is 55.1 Å². The van der Waals surface area contributed by atoms with E-state index in [4.69, 9.17) is 9.47 Å². The highest BCUT2D eigenvalue weighted by molar-refractivity contribution is 5.92. The fourth-order valence-electron chi connectivity index (χ4n) is 4.84. The highest BCUT2D eigenvalue weighted by Gasteiger charge is 2.35. The van der Waals surface area contributed by atoms with Crippen molar-refractivity contribution in [1.82, 2.24) is 14.9 Å². The number of morpholine rings is 1. The van der Waals surface area contributed by atoms with Crippen LogP contribution in [0.2, 0.25) is 0 Å². The van der Waals surface area contributed by atoms with E-state index in [1.165, 1.54) is 47.6 Å². The van der Waals surface area contributed by atoms with E-state index < -0.39 is 53.1 Å². The van der Waals surface area contributed by atoms with Crippen molar-refractivity contribution in [3.05, 3.63) is 89.3 Å². The first-order valence-corrected chi connectivity index (χ1v) is 13.8. The molecule has 1 aliphatic heterocycles. The van der Waals surface area contributed by atoms with Crippen molar-refractivity contribution >= 4 is 24.0 Å². The molecule has 3 aromatic rings. The summed E-state index contributed by atoms with van der Waals surface area (Å²) >= 11 is 0. The number of anilines is 1. The van der Waals surface area contributed by atoms with Gasteiger partial charge in [0.2, 0.25) is 5.91 Å². The Morgan fingerprint density at radius 2 is 1.81 bits per heavy atom. The standard InChI is InChI=1S/C31H33F3N4O5/c1-31(2,3)43-30(41)38-16-22(42-18-21(38)17-39)8-9-24-27(34)14-36-15-28(24)37-29(40)12-25(19-4-6-20(32)7-5-19)23-10-11-35-13-26(23)33/h4-7,10-11,13-15,17,21-22,25H,8-9,12,16,18H2,1-3H3,(H,37,40). The van der Waals surface area contributed by atoms with Gasteiger partial charge in [0.1, 0.15) is 35.4 Å². The molecule has 1 fully saturated rings. The Morgan fingerprint density at radius 3 is 2.49 bits per heavy atom. The van der Waals surface area contributed by atoms with E-state index in [0.717, 1.165) is 12.4 Å². The van der Waals surface area contributed by atoms with E-state index in [0.29, 0.717) is 11.8 Å². The van der Waals surface area contributed by atoms with Crippen LogP contribution in [0, 0.1) is 17.5 Å². The second kappa shape index (κ2) is 13.8. The lowest BCUT2D eigenvalue weighted by Gasteiger charge is -2.38. The summed E-state index contributed by atoms with van der Waals surface area (Å²) < 4.78 is 54.4. The van der Waals surface area contributed by atoms with Gasteiger partial charge in [-0.25, -0.2) is 18.0 Å². The summed E-state index contributed by atoms with van der Waals surface area (Å²) in [4.78, 5) is 46.4. The molecule has 1 aliphatic rings. The minimum atomic E-state index is -0.808. The first-order chi connectivity index (χ1) is 20.4. The van der Waals surface area contributed by atoms with Crippen molar-refractivity contribution in [2.24, 2.45) is 0 Å². The molecule has 3 atom stereocenters. The van der Waals surface area contributed by atoms with Gasteiger partial charge in [0, 0.05) is 24.1 Å². The summed E-state index contributed by atoms with van der Waals surface area (Å²) in [7, 11) is 0. The van der Waals surface area contributed by atoms with Gasteiger partial charge in [-0.15, -0.1) is 0 Å². The second-order valence-electron chi connectivity index (χ2n) is 11.2. The van der Waals surface area contributed by atoms with Gasteiger partial charge in [0.15, 0.2) is 0 Å². The first kappa shape index (κ1) is 31.6. The maximum Gasteiger partial charge on any atom is 0.411 e. The van der Waals surface area contributed by atoms with E-state index in [-0.39, 0.29) is 49.2 Å². The van der Waals surface area contributed by atoms with E-state index in [1.54, 1.807) is 20.8 Å². The number of nitrogens with one attached hydrogen (secondary N) is 1. The minimum Gasteiger partial charge on any atom is -0.444 e. The van der Waals surface area contributed by atoms with Crippen molar-refractivity contribution in [2.75, 3.05) is 18.5 Å². The number of ether oxygens (including phenoxy) is 2. The minimum absolute atomic E-state index is 0.0355. The van der Waals surface area contributed by atoms with Gasteiger partial charge in [-0.05, 0) is 62.9 Å². The van der Waals surface area contributed by atoms with Crippen molar-refractivity contribution in [3.63, 3.8) is 0 Å². The lowest BCUT2D eigenvalue weighted by atomic mass is 9.88. The number of hydrogen-bond acceptors (Lipinski definition) is 7. The third-order valence-corrected chi connectivity index (χ3v) is 6.92. The highest BCUT2D eigenvalue weighted by atomic mass is 19.1. The second-order valence-corrected chi connectivity index (χ2v) is 11.2. The van der Waals surface area contributed by atoms with Crippen LogP contribution in [-0.4, -0.2) is 64.1 Å². The number of benzene rings is 1. The molecule has 43 heavy (non-hydrogen) atoms. The molecule has 2 amide bonds. The summed E-state index contributed by atoms with van der Waals surface area (Å²) in [5, 5.41) is 2.68. The molecule has 1 saturated heterocycles. The molecule has 1 aromatic carbocycles. The predicted molar refractivity (Wildman–Crippen MR) is 151 cm³/mol. The SMILES string of the molecule is CC(C)(C)OC(=O)N1CC(CCc2c(F)cncc2NC(=O)CC(c2ccc(F)cc2)c2ccncc2F)OCC1C=O. The summed E-state index contributed by atoms with van der Waals surface area (Å²) in [6.45, 7) is 5.18. The van der Waals surface area contributed by atoms with Crippen LogP contribution in [0.3, 0.4) is 0 Å². The van der Waals surface area contributed by atoms with Crippen LogP contribution in [0.1, 0.15) is 56.2 Å². The van der Waals surface area contributed by atoms with Crippen molar-refractivity contribution in [2.45, 2.75) is 63.7 Å². The number of rotatable bonds is 9. The molecule has 12 heteroatoms. The molecule has 0 saturated carbocycles. The largest absolute Gasteiger partial charge is 0.444 e. The van der Waals surface area contributed by atoms with Crippen LogP contribution in [0.4, 0.5) is 23.7 Å². The number of aromatic nitrogens is 2. The predicted octanol–water partition coefficient (Wildman–Crippen LogP) is 5.19. The third kappa shape index (κ3) is 8.38. The summed E-state index contributed by atoms with van der Waals surface area (Å²) in [6.07, 6.45) is 4.35. The van der Waals surface area contributed by atoms with Gasteiger partial charge in [-0.2, -0.15) is 0 Å². The zero-order chi connectivity index (χ0) is 31.1. The molecule has 0 bridgehead atoms. The molecule has 0 aliphatic carbocycles. The lowest BCUT2D eigenvalue weighted by Crippen LogP contribution is -2.54. The van der Waals surface area contributed by atoms with Crippen molar-refractivity contribution < 1.29 is 37.0 Å². The number of nitrogens with zero attached hydrogens (tertiary/aromatic N) is 3. The molecule has 3 heterocycles. The van der Waals surface area contributed by atoms with E-state index in [1.807, 2.05) is 0 Å². The number of halogens is 3. The van der Waals surface area contributed by atoms with Crippen LogP contribution >= 0.6 is 0 Å². The Kier molecular flexibility index (Phi) is 10.1. The average Bonchev–Trinajstić information content (AvgIpc) is 2.95. The maximum atomic E-state index is 15.0. The van der Waals surface area contributed by atoms with Crippen molar-refractivity contribution in [3.8, 4) is 0 Å². The number of amides is 2. The Bertz CT molecular complexity index is 1450. The van der Waals surface area contributed by atoms with Gasteiger partial charge in [0.25, 0.3) is 0 Å². The molecular weight excluding hydrogens is 565 g/mol. The number of carbonyl (C=O) groups excluding carboxylic acids is 3. The van der Waals surface area contributed by atoms with Crippen molar-refractivity contribution in [1.29, 1.82) is 0 Å². The quantitative estimate of drug-likeness (QED) is 0.338. The third-order valence-electron chi connectivity index (χ3n) is 6.92. The number of aldehydes is 1. The topological polar surface area (TPSA) is 111 Å². The number of hydrogen-bond donors (Lipinski definition) is 1. The van der Waals surface area contributed by atoms with E-state index in [2.05, 4.69) is 15.3 Å². The molecular formula is C31H33F3N4O5. The van der Waals surface area contributed by atoms with Crippen LogP contribution in [-0.2, 0) is 25.5 Å². The van der Waals surface area contributed by atoms with Gasteiger partial charge in [-0.1, -0.05) is 12.1 Å². The molecule has 9 nitrogen and oxygen atoms in total. The molecule has 4 rings (SSSR count). The van der Waals surface area contributed by atoms with E-state index >= 15 is 0 Å². The zero-order valence-corrected chi connectivity index (χ0v) is 24.1. The highest BCUT2D eigenvalue weighted by Crippen LogP contribution is 2.31. The molecule has 0 radical (unpaired) electrons. The van der Waals surface area contributed by atoms with Gasteiger partial charge in [0.05, 0.1) is 43.5 Å². The van der Waals surface area contributed by atoms with Crippen LogP contribution in [0.25, 0.3) is 0 Å². The average molecular weight is 599 g/mol. The smallest absolute Gasteiger partial charge is 0.411 e. The summed E-state index contributed by atoms with van der Waals surface area (Å²) in [5.74, 6) is -3.07. The fraction of sp³-hybridized carbons (Fsp3) is 0.387. The summed E-state index contributed by atoms with van der Waals surface area (Å²) in [5.41, 5.74) is 0.249. The lowest BCUT2D eigenvalue weighted by molar-refractivity contribution is -0.123. The zero-order valence-electron chi connectivity index (χ0n) is 24.1.